The van der Waals surface area contributed by atoms with E-state index in [1.54, 1.807) is 11.8 Å². The number of hydrogen-bond acceptors (Lipinski definition) is 3. The molecule has 0 aromatic heterocycles. The lowest BCUT2D eigenvalue weighted by atomic mass is 10.0. The standard InChI is InChI=1S/C21H22ClN3OS/c1-14-11-20(21(24)26)25(13-14,10-9-23)19-12-16(5-8-18(19)22)15-3-6-17(27-2)7-4-15/h3-8,12,14,20H,10-11,13H2,1-2H3,(H-,24,26)/p+1/t14-,20-,25?/m0/s1. The van der Waals surface area contributed by atoms with Crippen LogP contribution in [-0.2, 0) is 4.79 Å². The van der Waals surface area contributed by atoms with E-state index in [0.717, 1.165) is 16.8 Å². The first-order valence-electron chi connectivity index (χ1n) is 8.89. The fourth-order valence-corrected chi connectivity index (χ4v) is 4.86. The van der Waals surface area contributed by atoms with E-state index in [9.17, 15) is 10.1 Å². The van der Waals surface area contributed by atoms with Crippen LogP contribution >= 0.6 is 23.4 Å². The predicted octanol–water partition coefficient (Wildman–Crippen LogP) is 4.45. The molecule has 0 saturated carbocycles. The third-order valence-electron chi connectivity index (χ3n) is 5.39. The minimum atomic E-state index is -0.439. The molecule has 140 valence electrons. The molecule has 2 aromatic carbocycles. The largest absolute Gasteiger partial charge is 0.364 e. The van der Waals surface area contributed by atoms with Crippen molar-refractivity contribution < 1.29 is 4.79 Å². The molecule has 1 saturated heterocycles. The van der Waals surface area contributed by atoms with Crippen molar-refractivity contribution in [3.8, 4) is 17.2 Å². The first-order valence-corrected chi connectivity index (χ1v) is 10.5. The van der Waals surface area contributed by atoms with Gasteiger partial charge in [0.1, 0.15) is 11.1 Å². The molecule has 1 heterocycles. The summed E-state index contributed by atoms with van der Waals surface area (Å²) in [7, 11) is 0. The number of rotatable bonds is 5. The zero-order valence-electron chi connectivity index (χ0n) is 15.5. The van der Waals surface area contributed by atoms with Crippen LogP contribution in [-0.4, -0.2) is 31.3 Å². The molecule has 0 aliphatic carbocycles. The van der Waals surface area contributed by atoms with Crippen molar-refractivity contribution >= 4 is 35.0 Å². The summed E-state index contributed by atoms with van der Waals surface area (Å²) in [5.74, 6) is -0.0863. The topological polar surface area (TPSA) is 66.9 Å². The lowest BCUT2D eigenvalue weighted by Gasteiger charge is -2.37. The molecule has 2 N–H and O–H groups in total. The Bertz CT molecular complexity index is 893. The van der Waals surface area contributed by atoms with E-state index in [2.05, 4.69) is 37.3 Å². The molecular formula is C21H23ClN3OS+. The van der Waals surface area contributed by atoms with Crippen molar-refractivity contribution in [3.05, 3.63) is 47.5 Å². The van der Waals surface area contributed by atoms with E-state index < -0.39 is 6.04 Å². The summed E-state index contributed by atoms with van der Waals surface area (Å²) in [6.07, 6.45) is 2.71. The van der Waals surface area contributed by atoms with Crippen LogP contribution in [0.15, 0.2) is 47.4 Å². The van der Waals surface area contributed by atoms with E-state index >= 15 is 0 Å². The lowest BCUT2D eigenvalue weighted by molar-refractivity contribution is -0.121. The van der Waals surface area contributed by atoms with E-state index in [-0.39, 0.29) is 22.9 Å². The number of nitrogens with two attached hydrogens (primary N) is 1. The van der Waals surface area contributed by atoms with Gasteiger partial charge in [-0.2, -0.15) is 5.26 Å². The molecular weight excluding hydrogens is 378 g/mol. The summed E-state index contributed by atoms with van der Waals surface area (Å²) in [6.45, 7) is 2.94. The first kappa shape index (κ1) is 19.8. The first-order chi connectivity index (χ1) is 12.9. The highest BCUT2D eigenvalue weighted by Crippen LogP contribution is 2.43. The number of carbonyl (C=O) groups is 1. The lowest BCUT2D eigenvalue weighted by Crippen LogP contribution is -2.58. The Kier molecular flexibility index (Phi) is 5.81. The number of carbonyl (C=O) groups excluding carboxylic acids is 1. The Hall–Kier alpha value is -2.00. The van der Waals surface area contributed by atoms with Crippen molar-refractivity contribution in [2.75, 3.05) is 19.3 Å². The maximum atomic E-state index is 12.2. The molecule has 3 rings (SSSR count). The van der Waals surface area contributed by atoms with Crippen molar-refractivity contribution in [2.24, 2.45) is 11.7 Å². The van der Waals surface area contributed by atoms with E-state index in [1.807, 2.05) is 24.5 Å². The number of hydrogen-bond donors (Lipinski definition) is 1. The minimum Gasteiger partial charge on any atom is -0.364 e. The predicted molar refractivity (Wildman–Crippen MR) is 113 cm³/mol. The Labute approximate surface area is 169 Å². The van der Waals surface area contributed by atoms with Gasteiger partial charge >= 0.3 is 0 Å². The maximum absolute atomic E-state index is 12.2. The van der Waals surface area contributed by atoms with Crippen molar-refractivity contribution in [1.29, 1.82) is 5.26 Å². The highest BCUT2D eigenvalue weighted by atomic mass is 35.5. The molecule has 3 atom stereocenters. The Morgan fingerprint density at radius 2 is 1.96 bits per heavy atom. The van der Waals surface area contributed by atoms with Gasteiger partial charge in [0, 0.05) is 23.3 Å². The van der Waals surface area contributed by atoms with E-state index in [0.29, 0.717) is 18.0 Å². The Morgan fingerprint density at radius 1 is 1.30 bits per heavy atom. The number of quaternary nitrogens is 1. The molecule has 4 nitrogen and oxygen atoms in total. The van der Waals surface area contributed by atoms with Crippen molar-refractivity contribution in [3.63, 3.8) is 0 Å². The zero-order chi connectivity index (χ0) is 19.6. The van der Waals surface area contributed by atoms with Crippen LogP contribution in [0.3, 0.4) is 0 Å². The van der Waals surface area contributed by atoms with Crippen molar-refractivity contribution in [2.45, 2.75) is 24.3 Å². The maximum Gasteiger partial charge on any atom is 0.276 e. The van der Waals surface area contributed by atoms with Crippen LogP contribution in [0.25, 0.3) is 11.1 Å². The van der Waals surface area contributed by atoms with Crippen LogP contribution in [0, 0.1) is 17.2 Å². The molecule has 27 heavy (non-hydrogen) atoms. The summed E-state index contributed by atoms with van der Waals surface area (Å²) in [6, 6.07) is 16.0. The average molecular weight is 401 g/mol. The molecule has 0 radical (unpaired) electrons. The van der Waals surface area contributed by atoms with Gasteiger partial charge in [-0.05, 0) is 35.6 Å². The van der Waals surface area contributed by atoms with Gasteiger partial charge < -0.3 is 5.73 Å². The molecule has 1 aliphatic heterocycles. The highest BCUT2D eigenvalue weighted by molar-refractivity contribution is 7.98. The second-order valence-corrected chi connectivity index (χ2v) is 8.47. The van der Waals surface area contributed by atoms with Crippen LogP contribution in [0.4, 0.5) is 5.69 Å². The number of halogens is 1. The van der Waals surface area contributed by atoms with E-state index in [4.69, 9.17) is 17.3 Å². The fraction of sp³-hybridized carbons (Fsp3) is 0.333. The quantitative estimate of drug-likeness (QED) is 0.458. The Morgan fingerprint density at radius 3 is 2.56 bits per heavy atom. The minimum absolute atomic E-state index is 0.173. The molecule has 1 aliphatic rings. The SMILES string of the molecule is CSc1ccc(-c2ccc(Cl)c([N+]3(CC#N)C[C@@H](C)C[C@H]3C(N)=O)c2)cc1. The summed E-state index contributed by atoms with van der Waals surface area (Å²) in [5, 5.41) is 10.1. The number of benzene rings is 2. The summed E-state index contributed by atoms with van der Waals surface area (Å²) < 4.78 is 0.211. The highest BCUT2D eigenvalue weighted by Gasteiger charge is 2.51. The third kappa shape index (κ3) is 3.70. The number of primary amides is 1. The second-order valence-electron chi connectivity index (χ2n) is 7.19. The second kappa shape index (κ2) is 7.93. The molecule has 1 unspecified atom stereocenters. The van der Waals surface area contributed by atoms with Crippen LogP contribution < -0.4 is 10.2 Å². The van der Waals surface area contributed by atoms with Gasteiger partial charge in [0.15, 0.2) is 18.3 Å². The summed E-state index contributed by atoms with van der Waals surface area (Å²) in [5.41, 5.74) is 8.62. The van der Waals surface area contributed by atoms with Crippen molar-refractivity contribution in [1.82, 2.24) is 4.48 Å². The van der Waals surface area contributed by atoms with Crippen LogP contribution in [0.5, 0.6) is 0 Å². The number of thioether (sulfide) groups is 1. The summed E-state index contributed by atoms with van der Waals surface area (Å²) >= 11 is 8.27. The number of nitrogens with zero attached hydrogens (tertiary/aromatic N) is 2. The number of likely N-dealkylation sites (tertiary alicyclic amines) is 1. The molecule has 1 fully saturated rings. The van der Waals surface area contributed by atoms with Gasteiger partial charge in [0.05, 0.1) is 6.54 Å². The fourth-order valence-electron chi connectivity index (χ4n) is 4.17. The number of amides is 1. The number of nitriles is 1. The molecule has 0 spiro atoms. The normalized spacial score (nSPS) is 24.5. The van der Waals surface area contributed by atoms with Crippen LogP contribution in [0.2, 0.25) is 5.02 Å². The van der Waals surface area contributed by atoms with Crippen LogP contribution in [0.1, 0.15) is 13.3 Å². The van der Waals surface area contributed by atoms with Gasteiger partial charge in [0.25, 0.3) is 5.91 Å². The van der Waals surface area contributed by atoms with Gasteiger partial charge in [-0.3, -0.25) is 9.28 Å². The van der Waals surface area contributed by atoms with E-state index in [1.165, 1.54) is 4.90 Å². The summed E-state index contributed by atoms with van der Waals surface area (Å²) in [4.78, 5) is 13.4. The van der Waals surface area contributed by atoms with Gasteiger partial charge in [-0.15, -0.1) is 11.8 Å². The van der Waals surface area contributed by atoms with Gasteiger partial charge in [0.2, 0.25) is 0 Å². The Balaban J connectivity index is 2.13. The van der Waals surface area contributed by atoms with Gasteiger partial charge in [-0.1, -0.05) is 36.7 Å². The smallest absolute Gasteiger partial charge is 0.276 e. The van der Waals surface area contributed by atoms with Gasteiger partial charge in [-0.25, -0.2) is 0 Å². The molecule has 2 aromatic rings. The zero-order valence-corrected chi connectivity index (χ0v) is 17.1. The molecule has 1 amide bonds. The average Bonchev–Trinajstić information content (AvgIpc) is 3.00. The molecule has 0 bridgehead atoms. The third-order valence-corrected chi connectivity index (χ3v) is 6.45. The molecule has 6 heteroatoms. The monoisotopic (exact) mass is 400 g/mol.